The SMILES string of the molecule is CC(C)CC(NC(=O)c1ccc(Br)c(F)c1)C(=O)O. The molecule has 1 atom stereocenters. The van der Waals surface area contributed by atoms with Crippen molar-refractivity contribution < 1.29 is 19.1 Å². The maximum Gasteiger partial charge on any atom is 0.326 e. The van der Waals surface area contributed by atoms with E-state index in [0.29, 0.717) is 6.42 Å². The molecule has 1 unspecified atom stereocenters. The maximum absolute atomic E-state index is 13.3. The number of nitrogens with one attached hydrogen (secondary N) is 1. The van der Waals surface area contributed by atoms with E-state index in [2.05, 4.69) is 21.2 Å². The molecule has 0 aliphatic carbocycles. The van der Waals surface area contributed by atoms with Crippen LogP contribution in [0.25, 0.3) is 0 Å². The molecule has 2 N–H and O–H groups in total. The van der Waals surface area contributed by atoms with Gasteiger partial charge in [-0.15, -0.1) is 0 Å². The van der Waals surface area contributed by atoms with Crippen molar-refractivity contribution in [2.75, 3.05) is 0 Å². The monoisotopic (exact) mass is 331 g/mol. The number of carbonyl (C=O) groups is 2. The second-order valence-corrected chi connectivity index (χ2v) is 5.48. The second kappa shape index (κ2) is 6.65. The van der Waals surface area contributed by atoms with Crippen LogP contribution in [-0.4, -0.2) is 23.0 Å². The van der Waals surface area contributed by atoms with Crippen LogP contribution in [0.2, 0.25) is 0 Å². The van der Waals surface area contributed by atoms with Crippen LogP contribution in [0.3, 0.4) is 0 Å². The summed E-state index contributed by atoms with van der Waals surface area (Å²) in [6.45, 7) is 3.72. The van der Waals surface area contributed by atoms with Gasteiger partial charge in [-0.25, -0.2) is 9.18 Å². The van der Waals surface area contributed by atoms with E-state index in [1.54, 1.807) is 0 Å². The van der Waals surface area contributed by atoms with Crippen molar-refractivity contribution in [1.29, 1.82) is 0 Å². The Morgan fingerprint density at radius 3 is 2.53 bits per heavy atom. The van der Waals surface area contributed by atoms with Gasteiger partial charge in [0.1, 0.15) is 11.9 Å². The Bertz CT molecular complexity index is 491. The van der Waals surface area contributed by atoms with E-state index >= 15 is 0 Å². The number of benzene rings is 1. The van der Waals surface area contributed by atoms with Gasteiger partial charge in [0.25, 0.3) is 5.91 Å². The van der Waals surface area contributed by atoms with Gasteiger partial charge in [-0.3, -0.25) is 4.79 Å². The molecule has 4 nitrogen and oxygen atoms in total. The van der Waals surface area contributed by atoms with E-state index in [1.165, 1.54) is 12.1 Å². The van der Waals surface area contributed by atoms with Gasteiger partial charge in [0.05, 0.1) is 4.47 Å². The Hall–Kier alpha value is -1.43. The highest BCUT2D eigenvalue weighted by Crippen LogP contribution is 2.16. The molecule has 0 radical (unpaired) electrons. The average molecular weight is 332 g/mol. The Kier molecular flexibility index (Phi) is 5.47. The lowest BCUT2D eigenvalue weighted by Crippen LogP contribution is -2.41. The van der Waals surface area contributed by atoms with Crippen molar-refractivity contribution in [3.63, 3.8) is 0 Å². The summed E-state index contributed by atoms with van der Waals surface area (Å²) in [7, 11) is 0. The highest BCUT2D eigenvalue weighted by Gasteiger charge is 2.22. The van der Waals surface area contributed by atoms with Crippen LogP contribution in [0.4, 0.5) is 4.39 Å². The minimum Gasteiger partial charge on any atom is -0.480 e. The van der Waals surface area contributed by atoms with Gasteiger partial charge in [0.15, 0.2) is 0 Å². The smallest absolute Gasteiger partial charge is 0.326 e. The molecule has 0 saturated carbocycles. The fourth-order valence-corrected chi connectivity index (χ4v) is 1.82. The molecule has 104 valence electrons. The van der Waals surface area contributed by atoms with E-state index in [-0.39, 0.29) is 16.0 Å². The van der Waals surface area contributed by atoms with Crippen molar-refractivity contribution in [2.45, 2.75) is 26.3 Å². The van der Waals surface area contributed by atoms with E-state index in [4.69, 9.17) is 5.11 Å². The second-order valence-electron chi connectivity index (χ2n) is 4.62. The molecule has 1 rings (SSSR count). The first kappa shape index (κ1) is 15.6. The fourth-order valence-electron chi connectivity index (χ4n) is 1.57. The molecule has 0 saturated heterocycles. The molecular weight excluding hydrogens is 317 g/mol. The Morgan fingerprint density at radius 1 is 1.42 bits per heavy atom. The topological polar surface area (TPSA) is 66.4 Å². The van der Waals surface area contributed by atoms with Gasteiger partial charge < -0.3 is 10.4 Å². The van der Waals surface area contributed by atoms with Crippen molar-refractivity contribution >= 4 is 27.8 Å². The zero-order valence-corrected chi connectivity index (χ0v) is 12.2. The number of halogens is 2. The first-order chi connectivity index (χ1) is 8.81. The normalized spacial score (nSPS) is 12.3. The molecule has 1 amide bonds. The first-order valence-corrected chi connectivity index (χ1v) is 6.59. The van der Waals surface area contributed by atoms with Crippen LogP contribution < -0.4 is 5.32 Å². The van der Waals surface area contributed by atoms with Crippen molar-refractivity contribution in [3.8, 4) is 0 Å². The van der Waals surface area contributed by atoms with Crippen LogP contribution in [0.5, 0.6) is 0 Å². The summed E-state index contributed by atoms with van der Waals surface area (Å²) in [4.78, 5) is 22.9. The largest absolute Gasteiger partial charge is 0.480 e. The first-order valence-electron chi connectivity index (χ1n) is 5.80. The van der Waals surface area contributed by atoms with Gasteiger partial charge in [0.2, 0.25) is 0 Å². The third kappa shape index (κ3) is 4.63. The summed E-state index contributed by atoms with van der Waals surface area (Å²) in [6.07, 6.45) is 0.320. The number of carboxylic acids is 1. The lowest BCUT2D eigenvalue weighted by Gasteiger charge is -2.16. The summed E-state index contributed by atoms with van der Waals surface area (Å²) < 4.78 is 13.6. The predicted molar refractivity (Wildman–Crippen MR) is 72.4 cm³/mol. The van der Waals surface area contributed by atoms with E-state index in [0.717, 1.165) is 6.07 Å². The summed E-state index contributed by atoms with van der Waals surface area (Å²) in [5.41, 5.74) is 0.0932. The highest BCUT2D eigenvalue weighted by molar-refractivity contribution is 9.10. The maximum atomic E-state index is 13.3. The van der Waals surface area contributed by atoms with Gasteiger partial charge in [-0.05, 0) is 46.5 Å². The number of rotatable bonds is 5. The molecule has 0 heterocycles. The number of amides is 1. The minimum absolute atomic E-state index is 0.0932. The zero-order valence-electron chi connectivity index (χ0n) is 10.6. The zero-order chi connectivity index (χ0) is 14.6. The molecule has 0 aliphatic heterocycles. The van der Waals surface area contributed by atoms with Crippen molar-refractivity contribution in [1.82, 2.24) is 5.32 Å². The van der Waals surface area contributed by atoms with E-state index in [9.17, 15) is 14.0 Å². The third-order valence-corrected chi connectivity index (χ3v) is 3.14. The Labute approximate surface area is 119 Å². The van der Waals surface area contributed by atoms with Crippen LogP contribution in [0.1, 0.15) is 30.6 Å². The van der Waals surface area contributed by atoms with Crippen LogP contribution in [-0.2, 0) is 4.79 Å². The number of aliphatic carboxylic acids is 1. The molecule has 0 aliphatic rings. The number of hydrogen-bond donors (Lipinski definition) is 2. The van der Waals surface area contributed by atoms with Gasteiger partial charge in [-0.1, -0.05) is 13.8 Å². The number of hydrogen-bond acceptors (Lipinski definition) is 2. The van der Waals surface area contributed by atoms with Gasteiger partial charge >= 0.3 is 5.97 Å². The van der Waals surface area contributed by atoms with Gasteiger partial charge in [-0.2, -0.15) is 0 Å². The van der Waals surface area contributed by atoms with E-state index in [1.807, 2.05) is 13.8 Å². The average Bonchev–Trinajstić information content (AvgIpc) is 2.31. The van der Waals surface area contributed by atoms with E-state index < -0.39 is 23.7 Å². The molecule has 1 aromatic carbocycles. The summed E-state index contributed by atoms with van der Waals surface area (Å²) >= 11 is 2.98. The lowest BCUT2D eigenvalue weighted by atomic mass is 10.0. The van der Waals surface area contributed by atoms with Crippen molar-refractivity contribution in [2.24, 2.45) is 5.92 Å². The highest BCUT2D eigenvalue weighted by atomic mass is 79.9. The molecular formula is C13H15BrFNO3. The van der Waals surface area contributed by atoms with Crippen molar-refractivity contribution in [3.05, 3.63) is 34.1 Å². The molecule has 0 fully saturated rings. The molecule has 19 heavy (non-hydrogen) atoms. The van der Waals surface area contributed by atoms with Crippen LogP contribution >= 0.6 is 15.9 Å². The van der Waals surface area contributed by atoms with Gasteiger partial charge in [0, 0.05) is 5.56 Å². The molecule has 1 aromatic rings. The lowest BCUT2D eigenvalue weighted by molar-refractivity contribution is -0.139. The predicted octanol–water partition coefficient (Wildman–Crippen LogP) is 2.82. The standard InChI is InChI=1S/C13H15BrFNO3/c1-7(2)5-11(13(18)19)16-12(17)8-3-4-9(14)10(15)6-8/h3-4,6-7,11H,5H2,1-2H3,(H,16,17)(H,18,19). The summed E-state index contributed by atoms with van der Waals surface area (Å²) in [5, 5.41) is 11.4. The summed E-state index contributed by atoms with van der Waals surface area (Å²) in [6, 6.07) is 2.92. The Morgan fingerprint density at radius 2 is 2.05 bits per heavy atom. The molecule has 6 heteroatoms. The Balaban J connectivity index is 2.81. The third-order valence-electron chi connectivity index (χ3n) is 2.49. The molecule has 0 spiro atoms. The summed E-state index contributed by atoms with van der Waals surface area (Å²) in [5.74, 6) is -2.13. The number of carbonyl (C=O) groups excluding carboxylic acids is 1. The van der Waals surface area contributed by atoms with Crippen LogP contribution in [0, 0.1) is 11.7 Å². The molecule has 0 bridgehead atoms. The quantitative estimate of drug-likeness (QED) is 0.871. The minimum atomic E-state index is -1.10. The number of carboxylic acid groups (broad SMARTS) is 1. The van der Waals surface area contributed by atoms with Crippen LogP contribution in [0.15, 0.2) is 22.7 Å². The fraction of sp³-hybridized carbons (Fsp3) is 0.385. The molecule has 0 aromatic heterocycles.